The molecule has 96 valence electrons. The van der Waals surface area contributed by atoms with Crippen LogP contribution >= 0.6 is 0 Å². The average Bonchev–Trinajstić information content (AvgIpc) is 3.03. The highest BCUT2D eigenvalue weighted by Crippen LogP contribution is 2.41. The van der Waals surface area contributed by atoms with Gasteiger partial charge >= 0.3 is 0 Å². The van der Waals surface area contributed by atoms with Crippen LogP contribution in [0.25, 0.3) is 0 Å². The van der Waals surface area contributed by atoms with E-state index in [1.54, 1.807) is 0 Å². The molecule has 2 aliphatic rings. The fourth-order valence-electron chi connectivity index (χ4n) is 3.15. The number of nitrogens with zero attached hydrogens (tertiary/aromatic N) is 1. The number of carbonyl (C=O) groups is 1. The van der Waals surface area contributed by atoms with Crippen LogP contribution in [0.1, 0.15) is 42.0 Å². The van der Waals surface area contributed by atoms with E-state index in [4.69, 9.17) is 5.73 Å². The number of amides is 1. The van der Waals surface area contributed by atoms with E-state index in [-0.39, 0.29) is 18.0 Å². The predicted molar refractivity (Wildman–Crippen MR) is 71.1 cm³/mol. The molecule has 0 bridgehead atoms. The molecule has 0 aromatic heterocycles. The SMILES string of the molecule is Cc1cc(C)cc(C2C(N)CC(=O)N2C2CC2)c1. The minimum absolute atomic E-state index is 0.0562. The Morgan fingerprint density at radius 3 is 2.33 bits per heavy atom. The van der Waals surface area contributed by atoms with E-state index >= 15 is 0 Å². The molecule has 3 rings (SSSR count). The Morgan fingerprint density at radius 2 is 1.78 bits per heavy atom. The maximum absolute atomic E-state index is 12.1. The van der Waals surface area contributed by atoms with Crippen LogP contribution in [0, 0.1) is 13.8 Å². The summed E-state index contributed by atoms with van der Waals surface area (Å²) in [7, 11) is 0. The van der Waals surface area contributed by atoms with Gasteiger partial charge in [-0.2, -0.15) is 0 Å². The molecular formula is C15H20N2O. The standard InChI is InChI=1S/C15H20N2O/c1-9-5-10(2)7-11(6-9)15-13(16)8-14(18)17(15)12-3-4-12/h5-7,12-13,15H,3-4,8,16H2,1-2H3. The molecule has 0 spiro atoms. The molecule has 1 heterocycles. The number of hydrogen-bond acceptors (Lipinski definition) is 2. The summed E-state index contributed by atoms with van der Waals surface area (Å²) >= 11 is 0. The second-order valence-electron chi connectivity index (χ2n) is 5.77. The quantitative estimate of drug-likeness (QED) is 0.865. The smallest absolute Gasteiger partial charge is 0.225 e. The fourth-order valence-corrected chi connectivity index (χ4v) is 3.15. The highest BCUT2D eigenvalue weighted by Gasteiger charge is 2.45. The van der Waals surface area contributed by atoms with Crippen LogP contribution in [0.4, 0.5) is 0 Å². The number of likely N-dealkylation sites (tertiary alicyclic amines) is 1. The Morgan fingerprint density at radius 1 is 1.17 bits per heavy atom. The van der Waals surface area contributed by atoms with Gasteiger partial charge in [0.05, 0.1) is 6.04 Å². The van der Waals surface area contributed by atoms with E-state index in [1.807, 2.05) is 4.90 Å². The first kappa shape index (κ1) is 11.7. The maximum atomic E-state index is 12.1. The molecule has 3 heteroatoms. The fraction of sp³-hybridized carbons (Fsp3) is 0.533. The van der Waals surface area contributed by atoms with Crippen LogP contribution in [-0.2, 0) is 4.79 Å². The molecular weight excluding hydrogens is 224 g/mol. The Labute approximate surface area is 108 Å². The zero-order chi connectivity index (χ0) is 12.9. The van der Waals surface area contributed by atoms with Gasteiger partial charge in [0.25, 0.3) is 0 Å². The van der Waals surface area contributed by atoms with Gasteiger partial charge < -0.3 is 10.6 Å². The van der Waals surface area contributed by atoms with Crippen LogP contribution in [0.15, 0.2) is 18.2 Å². The van der Waals surface area contributed by atoms with Crippen molar-refractivity contribution in [1.29, 1.82) is 0 Å². The predicted octanol–water partition coefficient (Wildman–Crippen LogP) is 2.07. The van der Waals surface area contributed by atoms with E-state index < -0.39 is 0 Å². The Balaban J connectivity index is 1.99. The summed E-state index contributed by atoms with van der Waals surface area (Å²) in [5.74, 6) is 0.231. The normalized spacial score (nSPS) is 27.9. The summed E-state index contributed by atoms with van der Waals surface area (Å²) in [5.41, 5.74) is 9.89. The van der Waals surface area contributed by atoms with Crippen LogP contribution in [0.3, 0.4) is 0 Å². The summed E-state index contributed by atoms with van der Waals surface area (Å²) < 4.78 is 0. The van der Waals surface area contributed by atoms with Crippen LogP contribution in [-0.4, -0.2) is 22.9 Å². The van der Waals surface area contributed by atoms with Gasteiger partial charge in [-0.1, -0.05) is 29.3 Å². The highest BCUT2D eigenvalue weighted by atomic mass is 16.2. The number of carbonyl (C=O) groups excluding carboxylic acids is 1. The third-order valence-corrected chi connectivity index (χ3v) is 3.93. The topological polar surface area (TPSA) is 46.3 Å². The van der Waals surface area contributed by atoms with Crippen molar-refractivity contribution >= 4 is 5.91 Å². The monoisotopic (exact) mass is 244 g/mol. The van der Waals surface area contributed by atoms with Gasteiger partial charge in [0.15, 0.2) is 0 Å². The second kappa shape index (κ2) is 4.09. The maximum Gasteiger partial charge on any atom is 0.225 e. The van der Waals surface area contributed by atoms with Gasteiger partial charge in [-0.3, -0.25) is 4.79 Å². The van der Waals surface area contributed by atoms with E-state index in [2.05, 4.69) is 32.0 Å². The van der Waals surface area contributed by atoms with Gasteiger partial charge in [-0.05, 0) is 32.3 Å². The van der Waals surface area contributed by atoms with Crippen molar-refractivity contribution < 1.29 is 4.79 Å². The molecule has 3 nitrogen and oxygen atoms in total. The van der Waals surface area contributed by atoms with Gasteiger partial charge in [0.1, 0.15) is 0 Å². The number of benzene rings is 1. The lowest BCUT2D eigenvalue weighted by atomic mass is 9.97. The number of nitrogens with two attached hydrogens (primary N) is 1. The molecule has 0 radical (unpaired) electrons. The van der Waals surface area contributed by atoms with E-state index in [1.165, 1.54) is 16.7 Å². The minimum Gasteiger partial charge on any atom is -0.331 e. The molecule has 18 heavy (non-hydrogen) atoms. The zero-order valence-corrected chi connectivity index (χ0v) is 11.0. The van der Waals surface area contributed by atoms with Crippen molar-refractivity contribution in [2.75, 3.05) is 0 Å². The van der Waals surface area contributed by atoms with Gasteiger partial charge in [-0.25, -0.2) is 0 Å². The van der Waals surface area contributed by atoms with Crippen molar-refractivity contribution in [1.82, 2.24) is 4.90 Å². The van der Waals surface area contributed by atoms with E-state index in [9.17, 15) is 4.79 Å². The number of rotatable bonds is 2. The highest BCUT2D eigenvalue weighted by molar-refractivity contribution is 5.81. The second-order valence-corrected chi connectivity index (χ2v) is 5.77. The summed E-state index contributed by atoms with van der Waals surface area (Å²) in [6.45, 7) is 4.19. The van der Waals surface area contributed by atoms with E-state index in [0.29, 0.717) is 12.5 Å². The number of hydrogen-bond donors (Lipinski definition) is 1. The molecule has 2 atom stereocenters. The van der Waals surface area contributed by atoms with Gasteiger partial charge in [0, 0.05) is 18.5 Å². The lowest BCUT2D eigenvalue weighted by molar-refractivity contribution is -0.129. The first-order chi connectivity index (χ1) is 8.56. The average molecular weight is 244 g/mol. The minimum atomic E-state index is -0.0562. The van der Waals surface area contributed by atoms with Gasteiger partial charge in [0.2, 0.25) is 5.91 Å². The molecule has 2 unspecified atom stereocenters. The van der Waals surface area contributed by atoms with Crippen molar-refractivity contribution in [2.45, 2.75) is 51.2 Å². The van der Waals surface area contributed by atoms with Crippen molar-refractivity contribution in [3.05, 3.63) is 34.9 Å². The molecule has 1 aromatic carbocycles. The lowest BCUT2D eigenvalue weighted by Gasteiger charge is -2.27. The van der Waals surface area contributed by atoms with Crippen molar-refractivity contribution in [2.24, 2.45) is 5.73 Å². The summed E-state index contributed by atoms with van der Waals surface area (Å²) in [4.78, 5) is 14.1. The Hall–Kier alpha value is -1.35. The van der Waals surface area contributed by atoms with Crippen LogP contribution < -0.4 is 5.73 Å². The van der Waals surface area contributed by atoms with Crippen molar-refractivity contribution in [3.8, 4) is 0 Å². The summed E-state index contributed by atoms with van der Waals surface area (Å²) in [6.07, 6.45) is 2.77. The molecule has 1 aromatic rings. The third-order valence-electron chi connectivity index (χ3n) is 3.93. The summed E-state index contributed by atoms with van der Waals surface area (Å²) in [6, 6.07) is 6.98. The Kier molecular flexibility index (Phi) is 2.67. The molecule has 1 aliphatic heterocycles. The molecule has 1 saturated carbocycles. The lowest BCUT2D eigenvalue weighted by Crippen LogP contribution is -2.34. The zero-order valence-electron chi connectivity index (χ0n) is 11.0. The molecule has 1 saturated heterocycles. The van der Waals surface area contributed by atoms with E-state index in [0.717, 1.165) is 12.8 Å². The van der Waals surface area contributed by atoms with Crippen LogP contribution in [0.5, 0.6) is 0 Å². The first-order valence-electron chi connectivity index (χ1n) is 6.71. The molecule has 1 aliphatic carbocycles. The molecule has 2 fully saturated rings. The largest absolute Gasteiger partial charge is 0.331 e. The first-order valence-corrected chi connectivity index (χ1v) is 6.71. The number of aryl methyl sites for hydroxylation is 2. The summed E-state index contributed by atoms with van der Waals surface area (Å²) in [5, 5.41) is 0. The Bertz CT molecular complexity index is 473. The van der Waals surface area contributed by atoms with Crippen molar-refractivity contribution in [3.63, 3.8) is 0 Å². The van der Waals surface area contributed by atoms with Gasteiger partial charge in [-0.15, -0.1) is 0 Å². The van der Waals surface area contributed by atoms with Crippen LogP contribution in [0.2, 0.25) is 0 Å². The molecule has 2 N–H and O–H groups in total. The third kappa shape index (κ3) is 1.93. The molecule has 1 amide bonds.